The third-order valence-electron chi connectivity index (χ3n) is 3.97. The Balaban J connectivity index is 1.44. The monoisotopic (exact) mass is 369 g/mol. The summed E-state index contributed by atoms with van der Waals surface area (Å²) in [5.41, 5.74) is 4.83. The SMILES string of the molecule is O=C(CCN=C1NS(=O)(=O)c2ccccc21)Nn1cnc2ccccc21. The van der Waals surface area contributed by atoms with E-state index in [0.29, 0.717) is 5.56 Å². The van der Waals surface area contributed by atoms with Crippen LogP contribution in [0.2, 0.25) is 0 Å². The van der Waals surface area contributed by atoms with Crippen LogP contribution in [0, 0.1) is 0 Å². The number of para-hydroxylation sites is 2. The van der Waals surface area contributed by atoms with Crippen LogP contribution in [0.5, 0.6) is 0 Å². The number of aromatic nitrogens is 2. The second kappa shape index (κ2) is 6.26. The topological polar surface area (TPSA) is 105 Å². The van der Waals surface area contributed by atoms with Crippen LogP contribution in [-0.4, -0.2) is 36.4 Å². The van der Waals surface area contributed by atoms with Crippen LogP contribution in [0.4, 0.5) is 0 Å². The molecule has 0 spiro atoms. The van der Waals surface area contributed by atoms with Gasteiger partial charge in [-0.05, 0) is 24.3 Å². The van der Waals surface area contributed by atoms with Crippen molar-refractivity contribution in [2.24, 2.45) is 4.99 Å². The molecule has 2 aromatic carbocycles. The smallest absolute Gasteiger partial charge is 0.263 e. The summed E-state index contributed by atoms with van der Waals surface area (Å²) < 4.78 is 28.0. The molecule has 2 heterocycles. The number of amides is 1. The highest BCUT2D eigenvalue weighted by Gasteiger charge is 2.29. The maximum atomic E-state index is 12.1. The van der Waals surface area contributed by atoms with E-state index < -0.39 is 10.0 Å². The number of sulfonamides is 1. The summed E-state index contributed by atoms with van der Waals surface area (Å²) in [5.74, 6) is 0.0214. The Kier molecular flexibility index (Phi) is 3.92. The van der Waals surface area contributed by atoms with Gasteiger partial charge < -0.3 is 0 Å². The van der Waals surface area contributed by atoms with Crippen LogP contribution in [0.3, 0.4) is 0 Å². The number of hydrogen-bond donors (Lipinski definition) is 2. The molecule has 0 radical (unpaired) electrons. The normalized spacial score (nSPS) is 16.4. The molecule has 26 heavy (non-hydrogen) atoms. The van der Waals surface area contributed by atoms with E-state index >= 15 is 0 Å². The van der Waals surface area contributed by atoms with Crippen LogP contribution in [0.15, 0.2) is 64.7 Å². The molecule has 1 aromatic heterocycles. The van der Waals surface area contributed by atoms with Gasteiger partial charge in [0, 0.05) is 12.0 Å². The van der Waals surface area contributed by atoms with Gasteiger partial charge in [-0.1, -0.05) is 24.3 Å². The standard InChI is InChI=1S/C17H15N5O3S/c23-16(20-22-11-19-13-6-2-3-7-14(13)22)9-10-18-17-12-5-1-4-8-15(12)26(24,25)21-17/h1-8,11H,9-10H2,(H,18,21)(H,20,23). The van der Waals surface area contributed by atoms with Crippen LogP contribution in [0.25, 0.3) is 11.0 Å². The van der Waals surface area contributed by atoms with Crippen LogP contribution in [0.1, 0.15) is 12.0 Å². The predicted octanol–water partition coefficient (Wildman–Crippen LogP) is 1.24. The van der Waals surface area contributed by atoms with Crippen LogP contribution < -0.4 is 10.1 Å². The van der Waals surface area contributed by atoms with Crippen molar-refractivity contribution in [1.29, 1.82) is 0 Å². The molecular formula is C17H15N5O3S. The summed E-state index contributed by atoms with van der Waals surface area (Å²) in [4.78, 5) is 20.8. The number of carbonyl (C=O) groups is 1. The quantitative estimate of drug-likeness (QED) is 0.722. The molecule has 0 aliphatic carbocycles. The zero-order valence-electron chi connectivity index (χ0n) is 13.6. The third-order valence-corrected chi connectivity index (χ3v) is 5.37. The Morgan fingerprint density at radius 3 is 2.81 bits per heavy atom. The van der Waals surface area contributed by atoms with Crippen molar-refractivity contribution < 1.29 is 13.2 Å². The number of rotatable bonds is 4. The van der Waals surface area contributed by atoms with Crippen molar-refractivity contribution >= 4 is 32.8 Å². The summed E-state index contributed by atoms with van der Waals surface area (Å²) in [6.07, 6.45) is 1.65. The van der Waals surface area contributed by atoms with Gasteiger partial charge in [-0.3, -0.25) is 19.9 Å². The molecule has 1 amide bonds. The number of aliphatic imine (C=N–C) groups is 1. The van der Waals surface area contributed by atoms with E-state index in [2.05, 4.69) is 20.1 Å². The second-order valence-electron chi connectivity index (χ2n) is 5.72. The van der Waals surface area contributed by atoms with Gasteiger partial charge in [0.2, 0.25) is 5.91 Å². The highest BCUT2D eigenvalue weighted by atomic mass is 32.2. The number of amidine groups is 1. The lowest BCUT2D eigenvalue weighted by Gasteiger charge is -2.06. The average molecular weight is 369 g/mol. The number of imidazole rings is 1. The Morgan fingerprint density at radius 2 is 1.92 bits per heavy atom. The Bertz CT molecular complexity index is 1130. The van der Waals surface area contributed by atoms with Gasteiger partial charge in [-0.2, -0.15) is 0 Å². The molecule has 3 aromatic rings. The summed E-state index contributed by atoms with van der Waals surface area (Å²) in [7, 11) is -3.56. The van der Waals surface area contributed by atoms with Gasteiger partial charge in [0.25, 0.3) is 10.0 Å². The first-order valence-electron chi connectivity index (χ1n) is 7.93. The summed E-state index contributed by atoms with van der Waals surface area (Å²) in [6, 6.07) is 14.1. The van der Waals surface area contributed by atoms with Crippen molar-refractivity contribution in [3.63, 3.8) is 0 Å². The number of fused-ring (bicyclic) bond motifs is 2. The molecule has 0 unspecified atom stereocenters. The van der Waals surface area contributed by atoms with Gasteiger partial charge in [0.05, 0.1) is 22.5 Å². The molecule has 1 aliphatic rings. The lowest BCUT2D eigenvalue weighted by molar-refractivity contribution is -0.116. The zero-order valence-corrected chi connectivity index (χ0v) is 14.4. The van der Waals surface area contributed by atoms with Crippen molar-refractivity contribution in [3.05, 3.63) is 60.4 Å². The lowest BCUT2D eigenvalue weighted by Crippen LogP contribution is -2.24. The van der Waals surface area contributed by atoms with E-state index in [4.69, 9.17) is 0 Å². The average Bonchev–Trinajstić information content (AvgIpc) is 3.15. The van der Waals surface area contributed by atoms with E-state index in [1.54, 1.807) is 22.9 Å². The number of nitrogens with one attached hydrogen (secondary N) is 2. The van der Waals surface area contributed by atoms with Crippen molar-refractivity contribution in [2.75, 3.05) is 12.0 Å². The molecule has 9 heteroatoms. The number of hydrogen-bond acceptors (Lipinski definition) is 5. The van der Waals surface area contributed by atoms with Gasteiger partial charge in [0.15, 0.2) is 0 Å². The van der Waals surface area contributed by atoms with Crippen LogP contribution >= 0.6 is 0 Å². The van der Waals surface area contributed by atoms with Crippen molar-refractivity contribution in [2.45, 2.75) is 11.3 Å². The molecular weight excluding hydrogens is 354 g/mol. The molecule has 0 bridgehead atoms. The van der Waals surface area contributed by atoms with Crippen molar-refractivity contribution in [1.82, 2.24) is 14.4 Å². The van der Waals surface area contributed by atoms with Gasteiger partial charge in [-0.15, -0.1) is 0 Å². The number of nitrogens with zero attached hydrogens (tertiary/aromatic N) is 3. The largest absolute Gasteiger partial charge is 0.273 e. The van der Waals surface area contributed by atoms with E-state index in [-0.39, 0.29) is 29.6 Å². The highest BCUT2D eigenvalue weighted by molar-refractivity contribution is 7.90. The first-order valence-corrected chi connectivity index (χ1v) is 9.41. The van der Waals surface area contributed by atoms with E-state index in [1.165, 1.54) is 12.4 Å². The molecule has 1 aliphatic heterocycles. The summed E-state index contributed by atoms with van der Waals surface area (Å²) in [6.45, 7) is 0.157. The Morgan fingerprint density at radius 1 is 1.15 bits per heavy atom. The molecule has 0 fully saturated rings. The van der Waals surface area contributed by atoms with E-state index in [9.17, 15) is 13.2 Å². The fourth-order valence-electron chi connectivity index (χ4n) is 2.76. The van der Waals surface area contributed by atoms with Gasteiger partial charge >= 0.3 is 0 Å². The minimum absolute atomic E-state index is 0.111. The first kappa shape index (κ1) is 16.3. The molecule has 2 N–H and O–H groups in total. The molecule has 0 atom stereocenters. The molecule has 4 rings (SSSR count). The molecule has 0 saturated heterocycles. The second-order valence-corrected chi connectivity index (χ2v) is 7.37. The van der Waals surface area contributed by atoms with Crippen LogP contribution in [-0.2, 0) is 14.8 Å². The highest BCUT2D eigenvalue weighted by Crippen LogP contribution is 2.22. The van der Waals surface area contributed by atoms with Crippen molar-refractivity contribution in [3.8, 4) is 0 Å². The van der Waals surface area contributed by atoms with Gasteiger partial charge in [0.1, 0.15) is 12.2 Å². The maximum Gasteiger partial charge on any atom is 0.263 e. The summed E-state index contributed by atoms with van der Waals surface area (Å²) in [5, 5.41) is 0. The number of benzene rings is 2. The first-order chi connectivity index (χ1) is 12.5. The van der Waals surface area contributed by atoms with E-state index in [0.717, 1.165) is 11.0 Å². The van der Waals surface area contributed by atoms with Gasteiger partial charge in [-0.25, -0.2) is 18.1 Å². The lowest BCUT2D eigenvalue weighted by atomic mass is 10.2. The zero-order chi connectivity index (χ0) is 18.1. The molecule has 8 nitrogen and oxygen atoms in total. The van der Waals surface area contributed by atoms with E-state index in [1.807, 2.05) is 24.3 Å². The molecule has 0 saturated carbocycles. The number of carbonyl (C=O) groups excluding carboxylic acids is 1. The minimum Gasteiger partial charge on any atom is -0.273 e. The minimum atomic E-state index is -3.56. The fourth-order valence-corrected chi connectivity index (χ4v) is 4.01. The Labute approximate surface area is 149 Å². The predicted molar refractivity (Wildman–Crippen MR) is 96.9 cm³/mol. The fraction of sp³-hybridized carbons (Fsp3) is 0.118. The molecule has 132 valence electrons. The maximum absolute atomic E-state index is 12.1. The summed E-state index contributed by atoms with van der Waals surface area (Å²) >= 11 is 0. The Hall–Kier alpha value is -3.20. The third kappa shape index (κ3) is 2.92.